The Bertz CT molecular complexity index is 259. The summed E-state index contributed by atoms with van der Waals surface area (Å²) in [5.41, 5.74) is -0.528. The van der Waals surface area contributed by atoms with Gasteiger partial charge in [0.05, 0.1) is 24.4 Å². The molecule has 106 valence electrons. The van der Waals surface area contributed by atoms with Crippen LogP contribution in [0.3, 0.4) is 0 Å². The molecule has 2 aliphatic rings. The number of thioether (sulfide) groups is 1. The van der Waals surface area contributed by atoms with E-state index in [1.807, 2.05) is 18.7 Å². The zero-order valence-electron chi connectivity index (χ0n) is 11.2. The van der Waals surface area contributed by atoms with Crippen molar-refractivity contribution in [2.45, 2.75) is 49.8 Å². The third-order valence-electron chi connectivity index (χ3n) is 4.15. The standard InChI is InChI=1S/C13H25NO3S/c1-12(9-15,10-16)14-11-2-5-17-13(8-11)3-6-18-7-4-13/h11,14-16H,2-10H2,1H3. The van der Waals surface area contributed by atoms with Gasteiger partial charge in [0.1, 0.15) is 0 Å². The lowest BCUT2D eigenvalue weighted by Crippen LogP contribution is -2.58. The monoisotopic (exact) mass is 275 g/mol. The molecule has 4 nitrogen and oxygen atoms in total. The second kappa shape index (κ2) is 6.09. The van der Waals surface area contributed by atoms with Crippen LogP contribution in [-0.2, 0) is 4.74 Å². The Labute approximate surface area is 113 Å². The van der Waals surface area contributed by atoms with E-state index in [1.54, 1.807) is 0 Å². The van der Waals surface area contributed by atoms with Crippen molar-refractivity contribution in [1.82, 2.24) is 5.32 Å². The largest absolute Gasteiger partial charge is 0.394 e. The maximum atomic E-state index is 9.36. The van der Waals surface area contributed by atoms with E-state index in [0.717, 1.165) is 32.3 Å². The highest BCUT2D eigenvalue weighted by molar-refractivity contribution is 7.99. The molecule has 2 saturated heterocycles. The first-order valence-corrected chi connectivity index (χ1v) is 7.98. The van der Waals surface area contributed by atoms with Gasteiger partial charge in [-0.2, -0.15) is 11.8 Å². The molecular formula is C13H25NO3S. The maximum Gasteiger partial charge on any atom is 0.0713 e. The highest BCUT2D eigenvalue weighted by atomic mass is 32.2. The van der Waals surface area contributed by atoms with Crippen molar-refractivity contribution in [3.63, 3.8) is 0 Å². The molecule has 1 spiro atoms. The lowest BCUT2D eigenvalue weighted by molar-refractivity contribution is -0.0981. The third-order valence-corrected chi connectivity index (χ3v) is 5.13. The van der Waals surface area contributed by atoms with Crippen LogP contribution >= 0.6 is 11.8 Å². The van der Waals surface area contributed by atoms with E-state index in [9.17, 15) is 10.2 Å². The fourth-order valence-corrected chi connectivity index (χ4v) is 4.11. The SMILES string of the molecule is CC(CO)(CO)NC1CCOC2(CCSCC2)C1. The van der Waals surface area contributed by atoms with Crippen molar-refractivity contribution in [2.75, 3.05) is 31.3 Å². The minimum absolute atomic E-state index is 0.0380. The van der Waals surface area contributed by atoms with Gasteiger partial charge >= 0.3 is 0 Å². The number of nitrogens with one attached hydrogen (secondary N) is 1. The van der Waals surface area contributed by atoms with Crippen LogP contribution in [0.5, 0.6) is 0 Å². The molecule has 1 atom stereocenters. The molecule has 18 heavy (non-hydrogen) atoms. The number of aliphatic hydroxyl groups excluding tert-OH is 2. The summed E-state index contributed by atoms with van der Waals surface area (Å²) >= 11 is 2.01. The predicted octanol–water partition coefficient (Wildman–Crippen LogP) is 0.764. The Morgan fingerprint density at radius 1 is 1.33 bits per heavy atom. The molecule has 2 heterocycles. The summed E-state index contributed by atoms with van der Waals surface area (Å²) in [7, 11) is 0. The normalized spacial score (nSPS) is 28.5. The van der Waals surface area contributed by atoms with Gasteiger partial charge in [-0.15, -0.1) is 0 Å². The molecule has 0 aromatic carbocycles. The minimum Gasteiger partial charge on any atom is -0.394 e. The summed E-state index contributed by atoms with van der Waals surface area (Å²) in [6.07, 6.45) is 4.23. The Morgan fingerprint density at radius 2 is 2.00 bits per heavy atom. The van der Waals surface area contributed by atoms with Gasteiger partial charge in [0, 0.05) is 12.6 Å². The topological polar surface area (TPSA) is 61.7 Å². The van der Waals surface area contributed by atoms with Crippen molar-refractivity contribution in [3.8, 4) is 0 Å². The zero-order chi connectivity index (χ0) is 13.1. The van der Waals surface area contributed by atoms with Crippen LogP contribution in [0.25, 0.3) is 0 Å². The molecule has 0 bridgehead atoms. The minimum atomic E-state index is -0.577. The fraction of sp³-hybridized carbons (Fsp3) is 1.00. The smallest absolute Gasteiger partial charge is 0.0713 e. The summed E-state index contributed by atoms with van der Waals surface area (Å²) in [6.45, 7) is 2.58. The second-order valence-corrected chi connectivity index (χ2v) is 7.08. The third kappa shape index (κ3) is 3.39. The summed E-state index contributed by atoms with van der Waals surface area (Å²) in [4.78, 5) is 0. The van der Waals surface area contributed by atoms with Gasteiger partial charge in [0.15, 0.2) is 0 Å². The Balaban J connectivity index is 1.94. The van der Waals surface area contributed by atoms with Crippen LogP contribution in [-0.4, -0.2) is 58.7 Å². The number of aliphatic hydroxyl groups is 2. The second-order valence-electron chi connectivity index (χ2n) is 5.85. The van der Waals surface area contributed by atoms with Gasteiger partial charge in [0.25, 0.3) is 0 Å². The summed E-state index contributed by atoms with van der Waals surface area (Å²) in [6, 6.07) is 0.339. The molecule has 0 aliphatic carbocycles. The van der Waals surface area contributed by atoms with E-state index in [4.69, 9.17) is 4.74 Å². The average Bonchev–Trinajstić information content (AvgIpc) is 2.39. The predicted molar refractivity (Wildman–Crippen MR) is 74.0 cm³/mol. The van der Waals surface area contributed by atoms with E-state index >= 15 is 0 Å². The average molecular weight is 275 g/mol. The maximum absolute atomic E-state index is 9.36. The van der Waals surface area contributed by atoms with Crippen molar-refractivity contribution in [2.24, 2.45) is 0 Å². The van der Waals surface area contributed by atoms with Crippen LogP contribution in [0.4, 0.5) is 0 Å². The molecule has 0 saturated carbocycles. The molecule has 0 aromatic heterocycles. The first kappa shape index (κ1) is 14.6. The molecule has 2 fully saturated rings. The molecule has 3 N–H and O–H groups in total. The van der Waals surface area contributed by atoms with E-state index in [2.05, 4.69) is 5.32 Å². The number of rotatable bonds is 4. The number of hydrogen-bond acceptors (Lipinski definition) is 5. The van der Waals surface area contributed by atoms with Crippen molar-refractivity contribution in [1.29, 1.82) is 0 Å². The van der Waals surface area contributed by atoms with Gasteiger partial charge in [-0.3, -0.25) is 0 Å². The van der Waals surface area contributed by atoms with Crippen LogP contribution in [0, 0.1) is 0 Å². The lowest BCUT2D eigenvalue weighted by Gasteiger charge is -2.45. The van der Waals surface area contributed by atoms with Gasteiger partial charge in [-0.05, 0) is 44.1 Å². The molecule has 1 unspecified atom stereocenters. The molecular weight excluding hydrogens is 250 g/mol. The highest BCUT2D eigenvalue weighted by Crippen LogP contribution is 2.37. The van der Waals surface area contributed by atoms with Crippen LogP contribution in [0.2, 0.25) is 0 Å². The lowest BCUT2D eigenvalue weighted by atomic mass is 9.84. The van der Waals surface area contributed by atoms with Crippen molar-refractivity contribution < 1.29 is 14.9 Å². The zero-order valence-corrected chi connectivity index (χ0v) is 12.0. The molecule has 0 aromatic rings. The molecule has 0 amide bonds. The van der Waals surface area contributed by atoms with Crippen molar-refractivity contribution >= 4 is 11.8 Å². The van der Waals surface area contributed by atoms with Gasteiger partial charge in [-0.1, -0.05) is 0 Å². The first-order chi connectivity index (χ1) is 8.61. The van der Waals surface area contributed by atoms with E-state index < -0.39 is 5.54 Å². The molecule has 5 heteroatoms. The Morgan fingerprint density at radius 3 is 2.61 bits per heavy atom. The van der Waals surface area contributed by atoms with Gasteiger partial charge in [-0.25, -0.2) is 0 Å². The van der Waals surface area contributed by atoms with Crippen molar-refractivity contribution in [3.05, 3.63) is 0 Å². The summed E-state index contributed by atoms with van der Waals surface area (Å²) in [5.74, 6) is 2.37. The van der Waals surface area contributed by atoms with Gasteiger partial charge < -0.3 is 20.3 Å². The number of ether oxygens (including phenoxy) is 1. The summed E-state index contributed by atoms with van der Waals surface area (Å²) in [5, 5.41) is 22.1. The van der Waals surface area contributed by atoms with E-state index in [-0.39, 0.29) is 18.8 Å². The Kier molecular flexibility index (Phi) is 4.94. The van der Waals surface area contributed by atoms with Crippen LogP contribution < -0.4 is 5.32 Å². The quantitative estimate of drug-likeness (QED) is 0.707. The first-order valence-electron chi connectivity index (χ1n) is 6.83. The van der Waals surface area contributed by atoms with Crippen LogP contribution in [0.15, 0.2) is 0 Å². The molecule has 0 radical (unpaired) electrons. The fourth-order valence-electron chi connectivity index (χ4n) is 2.88. The molecule has 2 aliphatic heterocycles. The van der Waals surface area contributed by atoms with E-state index in [0.29, 0.717) is 6.04 Å². The van der Waals surface area contributed by atoms with Gasteiger partial charge in [0.2, 0.25) is 0 Å². The molecule has 2 rings (SSSR count). The van der Waals surface area contributed by atoms with E-state index in [1.165, 1.54) is 11.5 Å². The summed E-state index contributed by atoms with van der Waals surface area (Å²) < 4.78 is 6.04. The number of hydrogen-bond donors (Lipinski definition) is 3. The highest BCUT2D eigenvalue weighted by Gasteiger charge is 2.40. The van der Waals surface area contributed by atoms with Crippen LogP contribution in [0.1, 0.15) is 32.6 Å². The Hall–Kier alpha value is 0.190.